The summed E-state index contributed by atoms with van der Waals surface area (Å²) in [6.45, 7) is 2.17. The van der Waals surface area contributed by atoms with E-state index in [0.29, 0.717) is 13.2 Å². The van der Waals surface area contributed by atoms with Crippen molar-refractivity contribution in [1.29, 1.82) is 0 Å². The summed E-state index contributed by atoms with van der Waals surface area (Å²) in [5.41, 5.74) is 2.43. The first-order valence-electron chi connectivity index (χ1n) is 5.90. The molecule has 1 aromatic carbocycles. The number of hydrogen-bond donors (Lipinski definition) is 1. The topological polar surface area (TPSA) is 52.0 Å². The minimum Gasteiger partial charge on any atom is -0.380 e. The number of aromatic nitrogens is 3. The number of benzene rings is 1. The fourth-order valence-electron chi connectivity index (χ4n) is 1.79. The van der Waals surface area contributed by atoms with Crippen LogP contribution in [-0.2, 0) is 31.5 Å². The Morgan fingerprint density at radius 3 is 2.83 bits per heavy atom. The molecule has 1 N–H and O–H groups in total. The summed E-state index contributed by atoms with van der Waals surface area (Å²) >= 11 is 0. The molecule has 0 spiro atoms. The lowest BCUT2D eigenvalue weighted by molar-refractivity contribution is 0.185. The highest BCUT2D eigenvalue weighted by molar-refractivity contribution is 5.22. The van der Waals surface area contributed by atoms with Gasteiger partial charge in [0.25, 0.3) is 0 Å². The number of methoxy groups -OCH3 is 1. The van der Waals surface area contributed by atoms with Gasteiger partial charge < -0.3 is 10.1 Å². The van der Waals surface area contributed by atoms with Gasteiger partial charge >= 0.3 is 0 Å². The molecule has 0 aliphatic heterocycles. The van der Waals surface area contributed by atoms with Crippen LogP contribution in [0.1, 0.15) is 17.0 Å². The third kappa shape index (κ3) is 3.38. The summed E-state index contributed by atoms with van der Waals surface area (Å²) in [6.07, 6.45) is 1.57. The Bertz CT molecular complexity index is 495. The van der Waals surface area contributed by atoms with Crippen LogP contribution in [0.2, 0.25) is 0 Å². The Kier molecular flexibility index (Phi) is 4.44. The van der Waals surface area contributed by atoms with E-state index in [1.807, 2.05) is 13.1 Å². The van der Waals surface area contributed by atoms with Gasteiger partial charge in [-0.15, -0.1) is 0 Å². The van der Waals surface area contributed by atoms with Crippen LogP contribution in [0.5, 0.6) is 0 Å². The average Bonchev–Trinajstić information content (AvgIpc) is 2.76. The molecule has 0 unspecified atom stereocenters. The van der Waals surface area contributed by atoms with Gasteiger partial charge in [-0.1, -0.05) is 24.3 Å². The Morgan fingerprint density at radius 1 is 1.28 bits per heavy atom. The SMILES string of the molecule is COCc1cccc(CNCc2ncnn2C)c1. The van der Waals surface area contributed by atoms with E-state index < -0.39 is 0 Å². The standard InChI is InChI=1S/C13H18N4O/c1-17-13(15-10-16-17)8-14-7-11-4-3-5-12(6-11)9-18-2/h3-6,10,14H,7-9H2,1-2H3. The predicted octanol–water partition coefficient (Wildman–Crippen LogP) is 1.25. The number of aryl methyl sites for hydroxylation is 1. The van der Waals surface area contributed by atoms with Gasteiger partial charge in [0.2, 0.25) is 0 Å². The molecule has 0 aliphatic carbocycles. The van der Waals surface area contributed by atoms with E-state index in [0.717, 1.165) is 12.4 Å². The number of nitrogens with zero attached hydrogens (tertiary/aromatic N) is 3. The molecule has 0 saturated carbocycles. The highest BCUT2D eigenvalue weighted by Crippen LogP contribution is 2.06. The zero-order valence-corrected chi connectivity index (χ0v) is 10.8. The molecule has 0 bridgehead atoms. The summed E-state index contributed by atoms with van der Waals surface area (Å²) in [4.78, 5) is 4.16. The van der Waals surface area contributed by atoms with E-state index in [9.17, 15) is 0 Å². The van der Waals surface area contributed by atoms with E-state index >= 15 is 0 Å². The van der Waals surface area contributed by atoms with Gasteiger partial charge in [0, 0.05) is 20.7 Å². The van der Waals surface area contributed by atoms with Crippen LogP contribution < -0.4 is 5.32 Å². The maximum Gasteiger partial charge on any atom is 0.140 e. The first kappa shape index (κ1) is 12.7. The number of ether oxygens (including phenoxy) is 1. The minimum absolute atomic E-state index is 0.650. The monoisotopic (exact) mass is 246 g/mol. The molecule has 18 heavy (non-hydrogen) atoms. The zero-order valence-electron chi connectivity index (χ0n) is 10.8. The summed E-state index contributed by atoms with van der Waals surface area (Å²) in [6, 6.07) is 8.36. The van der Waals surface area contributed by atoms with Crippen LogP contribution in [0.3, 0.4) is 0 Å². The minimum atomic E-state index is 0.650. The largest absolute Gasteiger partial charge is 0.380 e. The lowest BCUT2D eigenvalue weighted by Gasteiger charge is -2.06. The van der Waals surface area contributed by atoms with Gasteiger partial charge in [-0.3, -0.25) is 4.68 Å². The summed E-state index contributed by atoms with van der Waals surface area (Å²) in [5, 5.41) is 7.38. The van der Waals surface area contributed by atoms with E-state index in [-0.39, 0.29) is 0 Å². The maximum absolute atomic E-state index is 5.12. The molecule has 0 atom stereocenters. The molecule has 1 heterocycles. The maximum atomic E-state index is 5.12. The Morgan fingerprint density at radius 2 is 2.11 bits per heavy atom. The summed E-state index contributed by atoms with van der Waals surface area (Å²) < 4.78 is 6.89. The highest BCUT2D eigenvalue weighted by Gasteiger charge is 2.00. The van der Waals surface area contributed by atoms with Crippen molar-refractivity contribution in [2.45, 2.75) is 19.7 Å². The summed E-state index contributed by atoms with van der Waals surface area (Å²) in [7, 11) is 3.60. The van der Waals surface area contributed by atoms with Gasteiger partial charge in [0.15, 0.2) is 0 Å². The van der Waals surface area contributed by atoms with Crippen molar-refractivity contribution in [3.05, 3.63) is 47.5 Å². The summed E-state index contributed by atoms with van der Waals surface area (Å²) in [5.74, 6) is 0.933. The number of hydrogen-bond acceptors (Lipinski definition) is 4. The Balaban J connectivity index is 1.86. The molecule has 1 aromatic heterocycles. The second-order valence-corrected chi connectivity index (χ2v) is 4.16. The van der Waals surface area contributed by atoms with E-state index in [1.165, 1.54) is 11.1 Å². The van der Waals surface area contributed by atoms with Gasteiger partial charge in [0.1, 0.15) is 12.2 Å². The second kappa shape index (κ2) is 6.28. The first-order chi connectivity index (χ1) is 8.79. The fraction of sp³-hybridized carbons (Fsp3) is 0.385. The van der Waals surface area contributed by atoms with Crippen LogP contribution in [0, 0.1) is 0 Å². The molecular formula is C13H18N4O. The molecule has 0 amide bonds. The molecule has 2 aromatic rings. The third-order valence-corrected chi connectivity index (χ3v) is 2.72. The molecule has 2 rings (SSSR count). The molecule has 5 nitrogen and oxygen atoms in total. The zero-order chi connectivity index (χ0) is 12.8. The van der Waals surface area contributed by atoms with Crippen molar-refractivity contribution in [2.75, 3.05) is 7.11 Å². The van der Waals surface area contributed by atoms with Crippen molar-refractivity contribution in [3.8, 4) is 0 Å². The van der Waals surface area contributed by atoms with Gasteiger partial charge in [0.05, 0.1) is 13.2 Å². The van der Waals surface area contributed by atoms with Crippen LogP contribution in [-0.4, -0.2) is 21.9 Å². The number of nitrogens with one attached hydrogen (secondary N) is 1. The van der Waals surface area contributed by atoms with Crippen molar-refractivity contribution in [2.24, 2.45) is 7.05 Å². The fourth-order valence-corrected chi connectivity index (χ4v) is 1.79. The molecule has 0 radical (unpaired) electrons. The molecule has 0 saturated heterocycles. The van der Waals surface area contributed by atoms with Crippen LogP contribution in [0.15, 0.2) is 30.6 Å². The highest BCUT2D eigenvalue weighted by atomic mass is 16.5. The molecular weight excluding hydrogens is 228 g/mol. The molecule has 5 heteroatoms. The van der Waals surface area contributed by atoms with Crippen LogP contribution in [0.4, 0.5) is 0 Å². The Labute approximate surface area is 107 Å². The first-order valence-corrected chi connectivity index (χ1v) is 5.90. The van der Waals surface area contributed by atoms with Crippen molar-refractivity contribution in [1.82, 2.24) is 20.1 Å². The molecule has 96 valence electrons. The lowest BCUT2D eigenvalue weighted by atomic mass is 10.1. The van der Waals surface area contributed by atoms with Gasteiger partial charge in [-0.05, 0) is 11.1 Å². The smallest absolute Gasteiger partial charge is 0.140 e. The van der Waals surface area contributed by atoms with Crippen molar-refractivity contribution >= 4 is 0 Å². The van der Waals surface area contributed by atoms with Gasteiger partial charge in [-0.2, -0.15) is 5.10 Å². The lowest BCUT2D eigenvalue weighted by Crippen LogP contribution is -2.16. The third-order valence-electron chi connectivity index (χ3n) is 2.72. The molecule has 0 fully saturated rings. The average molecular weight is 246 g/mol. The second-order valence-electron chi connectivity index (χ2n) is 4.16. The van der Waals surface area contributed by atoms with E-state index in [1.54, 1.807) is 18.1 Å². The predicted molar refractivity (Wildman–Crippen MR) is 68.7 cm³/mol. The van der Waals surface area contributed by atoms with Gasteiger partial charge in [-0.25, -0.2) is 4.98 Å². The van der Waals surface area contributed by atoms with Crippen LogP contribution >= 0.6 is 0 Å². The van der Waals surface area contributed by atoms with Crippen molar-refractivity contribution in [3.63, 3.8) is 0 Å². The Hall–Kier alpha value is -1.72. The normalized spacial score (nSPS) is 10.8. The quantitative estimate of drug-likeness (QED) is 0.833. The van der Waals surface area contributed by atoms with Crippen LogP contribution in [0.25, 0.3) is 0 Å². The number of rotatable bonds is 6. The van der Waals surface area contributed by atoms with Crippen molar-refractivity contribution < 1.29 is 4.74 Å². The van der Waals surface area contributed by atoms with E-state index in [2.05, 4.69) is 33.6 Å². The van der Waals surface area contributed by atoms with E-state index in [4.69, 9.17) is 4.74 Å². The molecule has 0 aliphatic rings.